The van der Waals surface area contributed by atoms with Crippen LogP contribution in [0.3, 0.4) is 0 Å². The fraction of sp³-hybridized carbons (Fsp3) is 0.786. The Labute approximate surface area is 106 Å². The number of nitrogens with zero attached hydrogens (tertiary/aromatic N) is 2. The van der Waals surface area contributed by atoms with Crippen LogP contribution in [0.5, 0.6) is 0 Å². The minimum Gasteiger partial charge on any atom is -0.310 e. The van der Waals surface area contributed by atoms with Gasteiger partial charge in [-0.15, -0.1) is 0 Å². The van der Waals surface area contributed by atoms with Crippen molar-refractivity contribution in [2.75, 3.05) is 0 Å². The Morgan fingerprint density at radius 1 is 1.35 bits per heavy atom. The second-order valence-corrected chi connectivity index (χ2v) is 5.04. The third-order valence-electron chi connectivity index (χ3n) is 3.25. The van der Waals surface area contributed by atoms with E-state index >= 15 is 0 Å². The van der Waals surface area contributed by atoms with Crippen LogP contribution in [-0.2, 0) is 13.6 Å². The average Bonchev–Trinajstić information content (AvgIpc) is 2.61. The summed E-state index contributed by atoms with van der Waals surface area (Å²) in [4.78, 5) is 0. The summed E-state index contributed by atoms with van der Waals surface area (Å²) in [6.45, 7) is 7.54. The van der Waals surface area contributed by atoms with Crippen LogP contribution in [0.15, 0.2) is 6.20 Å². The van der Waals surface area contributed by atoms with Gasteiger partial charge in [-0.1, -0.05) is 32.6 Å². The highest BCUT2D eigenvalue weighted by Crippen LogP contribution is 2.08. The Morgan fingerprint density at radius 2 is 2.12 bits per heavy atom. The summed E-state index contributed by atoms with van der Waals surface area (Å²) in [7, 11) is 1.98. The number of aromatic nitrogens is 2. The molecule has 1 aromatic heterocycles. The predicted molar refractivity (Wildman–Crippen MR) is 73.0 cm³/mol. The molecule has 0 bridgehead atoms. The summed E-state index contributed by atoms with van der Waals surface area (Å²) < 4.78 is 1.89. The molecule has 1 N–H and O–H groups in total. The maximum atomic E-state index is 4.35. The van der Waals surface area contributed by atoms with Gasteiger partial charge in [0.2, 0.25) is 0 Å². The molecule has 1 aromatic rings. The molecule has 1 atom stereocenters. The van der Waals surface area contributed by atoms with E-state index in [0.717, 1.165) is 12.2 Å². The zero-order valence-electron chi connectivity index (χ0n) is 11.8. The average molecular weight is 237 g/mol. The van der Waals surface area contributed by atoms with Crippen molar-refractivity contribution in [2.45, 2.75) is 65.5 Å². The number of unbranched alkanes of at least 4 members (excludes halogenated alkanes) is 3. The molecule has 0 aromatic carbocycles. The first-order valence-electron chi connectivity index (χ1n) is 6.86. The van der Waals surface area contributed by atoms with Gasteiger partial charge < -0.3 is 5.32 Å². The summed E-state index contributed by atoms with van der Waals surface area (Å²) >= 11 is 0. The van der Waals surface area contributed by atoms with Crippen molar-refractivity contribution < 1.29 is 0 Å². The summed E-state index contributed by atoms with van der Waals surface area (Å²) in [5.74, 6) is 0. The standard InChI is InChI=1S/C14H27N3/c1-5-6-7-8-9-12(2)15-10-14-11-17(4)16-13(14)3/h11-12,15H,5-10H2,1-4H3. The van der Waals surface area contributed by atoms with Crippen molar-refractivity contribution in [1.82, 2.24) is 15.1 Å². The highest BCUT2D eigenvalue weighted by molar-refractivity contribution is 5.14. The molecule has 1 rings (SSSR count). The van der Waals surface area contributed by atoms with Crippen molar-refractivity contribution in [3.63, 3.8) is 0 Å². The Kier molecular flexibility index (Phi) is 6.27. The number of nitrogens with one attached hydrogen (secondary N) is 1. The third kappa shape index (κ3) is 5.35. The minimum absolute atomic E-state index is 0.603. The van der Waals surface area contributed by atoms with Crippen molar-refractivity contribution in [1.29, 1.82) is 0 Å². The Hall–Kier alpha value is -0.830. The number of aryl methyl sites for hydroxylation is 2. The van der Waals surface area contributed by atoms with Crippen LogP contribution < -0.4 is 5.32 Å². The van der Waals surface area contributed by atoms with Crippen molar-refractivity contribution in [2.24, 2.45) is 7.05 Å². The number of hydrogen-bond acceptors (Lipinski definition) is 2. The normalized spacial score (nSPS) is 12.9. The fourth-order valence-corrected chi connectivity index (χ4v) is 2.09. The maximum Gasteiger partial charge on any atom is 0.0638 e. The van der Waals surface area contributed by atoms with Gasteiger partial charge in [0.1, 0.15) is 0 Å². The maximum absolute atomic E-state index is 4.35. The molecule has 0 saturated carbocycles. The van der Waals surface area contributed by atoms with Gasteiger partial charge in [-0.05, 0) is 20.3 Å². The lowest BCUT2D eigenvalue weighted by atomic mass is 10.1. The number of rotatable bonds is 8. The Bertz CT molecular complexity index is 317. The minimum atomic E-state index is 0.603. The van der Waals surface area contributed by atoms with Gasteiger partial charge in [0.05, 0.1) is 5.69 Å². The molecule has 1 unspecified atom stereocenters. The van der Waals surface area contributed by atoms with Gasteiger partial charge in [-0.25, -0.2) is 0 Å². The van der Waals surface area contributed by atoms with Gasteiger partial charge in [0.25, 0.3) is 0 Å². The van der Waals surface area contributed by atoms with E-state index in [9.17, 15) is 0 Å². The van der Waals surface area contributed by atoms with Crippen LogP contribution in [-0.4, -0.2) is 15.8 Å². The van der Waals surface area contributed by atoms with E-state index in [-0.39, 0.29) is 0 Å². The van der Waals surface area contributed by atoms with Crippen molar-refractivity contribution in [3.8, 4) is 0 Å². The topological polar surface area (TPSA) is 29.9 Å². The quantitative estimate of drug-likeness (QED) is 0.704. The van der Waals surface area contributed by atoms with Crippen LogP contribution in [0.2, 0.25) is 0 Å². The van der Waals surface area contributed by atoms with E-state index in [0.29, 0.717) is 6.04 Å². The van der Waals surface area contributed by atoms with Crippen molar-refractivity contribution >= 4 is 0 Å². The lowest BCUT2D eigenvalue weighted by molar-refractivity contribution is 0.482. The molecular formula is C14H27N3. The van der Waals surface area contributed by atoms with Crippen LogP contribution in [0.4, 0.5) is 0 Å². The second-order valence-electron chi connectivity index (χ2n) is 5.04. The first-order valence-corrected chi connectivity index (χ1v) is 6.86. The Balaban J connectivity index is 2.19. The van der Waals surface area contributed by atoms with E-state index < -0.39 is 0 Å². The molecule has 0 fully saturated rings. The van der Waals surface area contributed by atoms with E-state index in [1.807, 2.05) is 11.7 Å². The highest BCUT2D eigenvalue weighted by Gasteiger charge is 2.05. The highest BCUT2D eigenvalue weighted by atomic mass is 15.2. The largest absolute Gasteiger partial charge is 0.310 e. The zero-order chi connectivity index (χ0) is 12.7. The molecule has 0 saturated heterocycles. The lowest BCUT2D eigenvalue weighted by Crippen LogP contribution is -2.25. The van der Waals surface area contributed by atoms with E-state index in [4.69, 9.17) is 0 Å². The second kappa shape index (κ2) is 7.49. The molecule has 0 spiro atoms. The van der Waals surface area contributed by atoms with Crippen LogP contribution in [0, 0.1) is 6.92 Å². The first kappa shape index (κ1) is 14.2. The molecule has 1 heterocycles. The molecule has 3 heteroatoms. The van der Waals surface area contributed by atoms with Gasteiger partial charge in [0, 0.05) is 31.4 Å². The number of hydrogen-bond donors (Lipinski definition) is 1. The molecule has 3 nitrogen and oxygen atoms in total. The molecule has 0 aliphatic heterocycles. The molecule has 0 aliphatic carbocycles. The predicted octanol–water partition coefficient (Wildman–Crippen LogP) is 3.18. The van der Waals surface area contributed by atoms with E-state index in [1.54, 1.807) is 0 Å². The molecule has 98 valence electrons. The Morgan fingerprint density at radius 3 is 2.71 bits per heavy atom. The summed E-state index contributed by atoms with van der Waals surface area (Å²) in [6.07, 6.45) is 8.78. The van der Waals surface area contributed by atoms with Crippen LogP contribution in [0.25, 0.3) is 0 Å². The smallest absolute Gasteiger partial charge is 0.0638 e. The molecule has 17 heavy (non-hydrogen) atoms. The summed E-state index contributed by atoms with van der Waals surface area (Å²) in [6, 6.07) is 0.603. The van der Waals surface area contributed by atoms with Gasteiger partial charge in [0.15, 0.2) is 0 Å². The molecule has 0 amide bonds. The van der Waals surface area contributed by atoms with E-state index in [2.05, 4.69) is 37.4 Å². The molecular weight excluding hydrogens is 210 g/mol. The van der Waals surface area contributed by atoms with Gasteiger partial charge in [-0.3, -0.25) is 4.68 Å². The van der Waals surface area contributed by atoms with Crippen LogP contribution in [0.1, 0.15) is 57.2 Å². The fourth-order valence-electron chi connectivity index (χ4n) is 2.09. The zero-order valence-corrected chi connectivity index (χ0v) is 11.8. The van der Waals surface area contributed by atoms with Gasteiger partial charge in [-0.2, -0.15) is 5.10 Å². The first-order chi connectivity index (χ1) is 8.13. The summed E-state index contributed by atoms with van der Waals surface area (Å²) in [5.41, 5.74) is 2.45. The molecule has 0 aliphatic rings. The van der Waals surface area contributed by atoms with E-state index in [1.165, 1.54) is 37.7 Å². The van der Waals surface area contributed by atoms with Crippen LogP contribution >= 0.6 is 0 Å². The SMILES string of the molecule is CCCCCCC(C)NCc1cn(C)nc1C. The monoisotopic (exact) mass is 237 g/mol. The summed E-state index contributed by atoms with van der Waals surface area (Å²) in [5, 5.41) is 7.93. The molecule has 0 radical (unpaired) electrons. The van der Waals surface area contributed by atoms with Gasteiger partial charge >= 0.3 is 0 Å². The lowest BCUT2D eigenvalue weighted by Gasteiger charge is -2.13. The third-order valence-corrected chi connectivity index (χ3v) is 3.25. The van der Waals surface area contributed by atoms with Crippen molar-refractivity contribution in [3.05, 3.63) is 17.5 Å².